The molecule has 2 nitrogen and oxygen atoms in total. The van der Waals surface area contributed by atoms with Crippen molar-refractivity contribution in [2.45, 2.75) is 55.1 Å². The van der Waals surface area contributed by atoms with E-state index in [1.807, 2.05) is 11.8 Å². The summed E-state index contributed by atoms with van der Waals surface area (Å²) >= 11 is 7.17. The standard InChI is InChI=1S/C57H50N2S2/c1-3-5-36-61-47-32-35-51-49-33-26-40(56(60)17-4-2)37-53(49)57(55(51)39-47)52-25-16-15-24-48(52)50-34-31-46(38-54(50)57)59(43-22-13-8-14-23-43)45-29-27-44(28-30-45)58(41-18-9-6-10-19-41)42-20-11-7-12-21-42/h6-16,18-35,37-39,56,60H,3-5,17,36H2,1-2H3. The highest BCUT2D eigenvalue weighted by molar-refractivity contribution is 7.99. The maximum absolute atomic E-state index is 5.18. The zero-order chi connectivity index (χ0) is 41.3. The van der Waals surface area contributed by atoms with Crippen molar-refractivity contribution in [2.24, 2.45) is 0 Å². The first kappa shape index (κ1) is 39.2. The molecule has 2 aliphatic rings. The predicted molar refractivity (Wildman–Crippen MR) is 264 cm³/mol. The minimum absolute atomic E-state index is 0.176. The number of benzene rings is 8. The van der Waals surface area contributed by atoms with E-state index >= 15 is 0 Å². The molecule has 0 bridgehead atoms. The minimum Gasteiger partial charge on any atom is -0.311 e. The van der Waals surface area contributed by atoms with Crippen molar-refractivity contribution < 1.29 is 0 Å². The summed E-state index contributed by atoms with van der Waals surface area (Å²) in [6.07, 6.45) is 4.54. The first-order valence-electron chi connectivity index (χ1n) is 21.8. The van der Waals surface area contributed by atoms with Crippen LogP contribution in [0.3, 0.4) is 0 Å². The van der Waals surface area contributed by atoms with E-state index in [0.29, 0.717) is 0 Å². The van der Waals surface area contributed by atoms with Gasteiger partial charge in [0.25, 0.3) is 0 Å². The van der Waals surface area contributed by atoms with E-state index in [2.05, 4.69) is 218 Å². The van der Waals surface area contributed by atoms with Crippen molar-refractivity contribution in [3.63, 3.8) is 0 Å². The fourth-order valence-electron chi connectivity index (χ4n) is 9.76. The van der Waals surface area contributed by atoms with Gasteiger partial charge in [-0.05, 0) is 154 Å². The van der Waals surface area contributed by atoms with Crippen LogP contribution in [0.1, 0.15) is 72.6 Å². The first-order valence-corrected chi connectivity index (χ1v) is 23.3. The van der Waals surface area contributed by atoms with Gasteiger partial charge in [-0.2, -0.15) is 12.6 Å². The lowest BCUT2D eigenvalue weighted by atomic mass is 9.70. The van der Waals surface area contributed by atoms with Crippen LogP contribution in [0.25, 0.3) is 22.3 Å². The maximum Gasteiger partial charge on any atom is 0.0726 e. The third kappa shape index (κ3) is 6.87. The van der Waals surface area contributed by atoms with E-state index in [-0.39, 0.29) is 5.25 Å². The Hall–Kier alpha value is -5.94. The molecule has 4 heteroatoms. The Morgan fingerprint density at radius 3 is 1.49 bits per heavy atom. The van der Waals surface area contributed by atoms with Gasteiger partial charge in [-0.15, -0.1) is 11.8 Å². The van der Waals surface area contributed by atoms with Gasteiger partial charge in [0.2, 0.25) is 0 Å². The van der Waals surface area contributed by atoms with Gasteiger partial charge in [0.1, 0.15) is 0 Å². The van der Waals surface area contributed by atoms with Gasteiger partial charge >= 0.3 is 0 Å². The van der Waals surface area contributed by atoms with Gasteiger partial charge in [0.05, 0.1) is 5.41 Å². The normalized spacial score (nSPS) is 14.9. The summed E-state index contributed by atoms with van der Waals surface area (Å²) in [5, 5.41) is 0.176. The van der Waals surface area contributed by atoms with E-state index < -0.39 is 5.41 Å². The summed E-state index contributed by atoms with van der Waals surface area (Å²) in [4.78, 5) is 6.08. The maximum atomic E-state index is 5.18. The molecule has 0 saturated heterocycles. The Labute approximate surface area is 371 Å². The van der Waals surface area contributed by atoms with Gasteiger partial charge in [-0.3, -0.25) is 0 Å². The Bertz CT molecular complexity index is 2760. The lowest BCUT2D eigenvalue weighted by Crippen LogP contribution is -2.26. The number of anilines is 6. The molecule has 2 aliphatic carbocycles. The molecule has 2 unspecified atom stereocenters. The smallest absolute Gasteiger partial charge is 0.0726 e. The van der Waals surface area contributed by atoms with Gasteiger partial charge in [-0.25, -0.2) is 0 Å². The summed E-state index contributed by atoms with van der Waals surface area (Å²) in [6, 6.07) is 72.0. The molecule has 0 fully saturated rings. The van der Waals surface area contributed by atoms with E-state index in [1.54, 1.807) is 0 Å². The van der Waals surface area contributed by atoms with Crippen LogP contribution < -0.4 is 9.80 Å². The highest BCUT2D eigenvalue weighted by atomic mass is 32.2. The number of rotatable bonds is 13. The van der Waals surface area contributed by atoms with Gasteiger partial charge < -0.3 is 9.80 Å². The summed E-state index contributed by atoms with van der Waals surface area (Å²) in [5.41, 5.74) is 18.2. The third-order valence-corrected chi connectivity index (χ3v) is 14.2. The second-order valence-corrected chi connectivity index (χ2v) is 18.0. The highest BCUT2D eigenvalue weighted by Crippen LogP contribution is 2.64. The minimum atomic E-state index is -0.484. The molecule has 61 heavy (non-hydrogen) atoms. The van der Waals surface area contributed by atoms with Gasteiger partial charge in [-0.1, -0.05) is 136 Å². The number of unbranched alkanes of at least 4 members (excludes halogenated alkanes) is 1. The molecule has 0 aromatic heterocycles. The molecular formula is C57H50N2S2. The fraction of sp³-hybridized carbons (Fsp3) is 0.158. The lowest BCUT2D eigenvalue weighted by Gasteiger charge is -2.33. The molecule has 0 saturated carbocycles. The second-order valence-electron chi connectivity index (χ2n) is 16.2. The Balaban J connectivity index is 1.17. The van der Waals surface area contributed by atoms with Crippen LogP contribution in [0.5, 0.6) is 0 Å². The third-order valence-electron chi connectivity index (χ3n) is 12.5. The number of fused-ring (bicyclic) bond motifs is 10. The van der Waals surface area contributed by atoms with Crippen molar-refractivity contribution in [2.75, 3.05) is 15.6 Å². The van der Waals surface area contributed by atoms with Crippen LogP contribution in [0.15, 0.2) is 199 Å². The van der Waals surface area contributed by atoms with Gasteiger partial charge in [0, 0.05) is 44.3 Å². The summed E-state index contributed by atoms with van der Waals surface area (Å²) in [6.45, 7) is 4.53. The largest absolute Gasteiger partial charge is 0.311 e. The number of thioether (sulfide) groups is 1. The average Bonchev–Trinajstić information content (AvgIpc) is 3.77. The number of hydrogen-bond acceptors (Lipinski definition) is 4. The molecule has 10 rings (SSSR count). The number of nitrogens with zero attached hydrogens (tertiary/aromatic N) is 2. The number of hydrogen-bond donors (Lipinski definition) is 1. The van der Waals surface area contributed by atoms with E-state index in [4.69, 9.17) is 12.6 Å². The van der Waals surface area contributed by atoms with Crippen LogP contribution in [-0.2, 0) is 5.41 Å². The Morgan fingerprint density at radius 1 is 0.443 bits per heavy atom. The number of thiol groups is 1. The molecule has 1 spiro atoms. The van der Waals surface area contributed by atoms with E-state index in [0.717, 1.165) is 52.7 Å². The van der Waals surface area contributed by atoms with Crippen molar-refractivity contribution in [1.29, 1.82) is 0 Å². The molecule has 2 atom stereocenters. The fourth-order valence-corrected chi connectivity index (χ4v) is 11.2. The Kier molecular flexibility index (Phi) is 10.8. The zero-order valence-electron chi connectivity index (χ0n) is 34.8. The molecule has 8 aromatic rings. The predicted octanol–water partition coefficient (Wildman–Crippen LogP) is 16.6. The average molecular weight is 827 g/mol. The van der Waals surface area contributed by atoms with Crippen LogP contribution >= 0.6 is 24.4 Å². The first-order chi connectivity index (χ1) is 30.1. The molecule has 300 valence electrons. The van der Waals surface area contributed by atoms with Crippen LogP contribution in [-0.4, -0.2) is 5.75 Å². The quantitative estimate of drug-likeness (QED) is 0.0703. The number of para-hydroxylation sites is 3. The molecule has 0 N–H and O–H groups in total. The molecule has 0 aliphatic heterocycles. The van der Waals surface area contributed by atoms with E-state index in [9.17, 15) is 0 Å². The van der Waals surface area contributed by atoms with E-state index in [1.165, 1.54) is 67.8 Å². The van der Waals surface area contributed by atoms with Crippen LogP contribution in [0, 0.1) is 0 Å². The second kappa shape index (κ2) is 16.8. The lowest BCUT2D eigenvalue weighted by molar-refractivity contribution is 0.767. The van der Waals surface area contributed by atoms with Crippen molar-refractivity contribution >= 4 is 58.5 Å². The highest BCUT2D eigenvalue weighted by Gasteiger charge is 2.52. The monoisotopic (exact) mass is 826 g/mol. The van der Waals surface area contributed by atoms with Crippen molar-refractivity contribution in [1.82, 2.24) is 0 Å². The molecule has 0 amide bonds. The van der Waals surface area contributed by atoms with Crippen LogP contribution in [0.4, 0.5) is 34.1 Å². The topological polar surface area (TPSA) is 6.48 Å². The molecule has 0 heterocycles. The molecule has 0 radical (unpaired) electrons. The Morgan fingerprint density at radius 2 is 0.902 bits per heavy atom. The van der Waals surface area contributed by atoms with Crippen LogP contribution in [0.2, 0.25) is 0 Å². The van der Waals surface area contributed by atoms with Gasteiger partial charge in [0.15, 0.2) is 0 Å². The summed E-state index contributed by atoms with van der Waals surface area (Å²) in [7, 11) is 0. The SMILES string of the molecule is CCCCSc1ccc2c(c1)C1(c3ccccc3-c3ccc(N(c4ccccc4)c4ccc(N(c5ccccc5)c5ccccc5)cc4)cc31)c1cc(C(S)CCC)ccc1-2. The zero-order valence-corrected chi connectivity index (χ0v) is 36.5. The summed E-state index contributed by atoms with van der Waals surface area (Å²) < 4.78 is 0. The summed E-state index contributed by atoms with van der Waals surface area (Å²) in [5.74, 6) is 1.12. The molecular weight excluding hydrogens is 777 g/mol. The van der Waals surface area contributed by atoms with Crippen molar-refractivity contribution in [3.8, 4) is 22.3 Å². The van der Waals surface area contributed by atoms with Crippen molar-refractivity contribution in [3.05, 3.63) is 222 Å². The molecule has 8 aromatic carbocycles.